The van der Waals surface area contributed by atoms with Crippen LogP contribution in [0.3, 0.4) is 0 Å². The van der Waals surface area contributed by atoms with Crippen LogP contribution in [-0.2, 0) is 13.6 Å². The first-order valence-corrected chi connectivity index (χ1v) is 8.84. The molecule has 7 nitrogen and oxygen atoms in total. The number of aromatic nitrogens is 6. The van der Waals surface area contributed by atoms with Gasteiger partial charge in [-0.1, -0.05) is 0 Å². The van der Waals surface area contributed by atoms with Gasteiger partial charge in [0.15, 0.2) is 11.6 Å². The third kappa shape index (κ3) is 3.07. The molecule has 0 amide bonds. The van der Waals surface area contributed by atoms with Gasteiger partial charge in [-0.25, -0.2) is 9.37 Å². The average Bonchev–Trinajstić information content (AvgIpc) is 3.22. The molecule has 4 heterocycles. The van der Waals surface area contributed by atoms with Gasteiger partial charge in [-0.15, -0.1) is 10.2 Å². The summed E-state index contributed by atoms with van der Waals surface area (Å²) >= 11 is 0. The molecule has 1 aliphatic rings. The molecule has 0 N–H and O–H groups in total. The van der Waals surface area contributed by atoms with E-state index in [1.54, 1.807) is 18.5 Å². The second kappa shape index (κ2) is 6.86. The van der Waals surface area contributed by atoms with Gasteiger partial charge in [0.2, 0.25) is 0 Å². The van der Waals surface area contributed by atoms with Crippen molar-refractivity contribution in [2.75, 3.05) is 18.0 Å². The minimum Gasteiger partial charge on any atom is -0.368 e. The lowest BCUT2D eigenvalue weighted by Crippen LogP contribution is -2.36. The van der Waals surface area contributed by atoms with E-state index in [4.69, 9.17) is 0 Å². The summed E-state index contributed by atoms with van der Waals surface area (Å²) in [4.78, 5) is 10.2. The minimum absolute atomic E-state index is 0.228. The zero-order valence-electron chi connectivity index (χ0n) is 15.0. The minimum atomic E-state index is -0.276. The Kier molecular flexibility index (Phi) is 4.40. The van der Waals surface area contributed by atoms with Crippen LogP contribution in [-0.4, -0.2) is 42.4 Å². The number of piperidine rings is 1. The van der Waals surface area contributed by atoms with Gasteiger partial charge >= 0.3 is 0 Å². The number of halogens is 1. The van der Waals surface area contributed by atoms with Crippen molar-refractivity contribution in [1.29, 1.82) is 0 Å². The van der Waals surface area contributed by atoms with E-state index in [2.05, 4.69) is 29.6 Å². The molecule has 0 aliphatic carbocycles. The fourth-order valence-electron chi connectivity index (χ4n) is 3.62. The van der Waals surface area contributed by atoms with E-state index in [1.165, 1.54) is 6.20 Å². The van der Waals surface area contributed by atoms with Crippen LogP contribution in [0, 0.1) is 12.7 Å². The quantitative estimate of drug-likeness (QED) is 0.718. The summed E-state index contributed by atoms with van der Waals surface area (Å²) < 4.78 is 18.2. The fourth-order valence-corrected chi connectivity index (χ4v) is 3.62. The SMILES string of the molecule is Cc1nccn1Cc1nnc([C@@H]2CCCN(c3ccncc3F)C2)n1C. The van der Waals surface area contributed by atoms with Crippen LogP contribution in [0.25, 0.3) is 0 Å². The van der Waals surface area contributed by atoms with Crippen LogP contribution in [0.4, 0.5) is 10.1 Å². The summed E-state index contributed by atoms with van der Waals surface area (Å²) in [6, 6.07) is 1.74. The molecule has 1 saturated heterocycles. The molecule has 0 radical (unpaired) electrons. The number of anilines is 1. The Morgan fingerprint density at radius 3 is 2.92 bits per heavy atom. The van der Waals surface area contributed by atoms with Gasteiger partial charge in [0, 0.05) is 44.6 Å². The second-order valence-corrected chi connectivity index (χ2v) is 6.75. The van der Waals surface area contributed by atoms with Crippen LogP contribution < -0.4 is 4.90 Å². The number of pyridine rings is 1. The highest BCUT2D eigenvalue weighted by molar-refractivity contribution is 5.47. The Balaban J connectivity index is 1.54. The second-order valence-electron chi connectivity index (χ2n) is 6.75. The summed E-state index contributed by atoms with van der Waals surface area (Å²) in [7, 11) is 2.00. The lowest BCUT2D eigenvalue weighted by atomic mass is 9.96. The van der Waals surface area contributed by atoms with Crippen LogP contribution in [0.1, 0.15) is 36.2 Å². The third-order valence-electron chi connectivity index (χ3n) is 5.11. The molecule has 0 spiro atoms. The molecule has 1 aliphatic heterocycles. The van der Waals surface area contributed by atoms with Crippen LogP contribution in [0.5, 0.6) is 0 Å². The highest BCUT2D eigenvalue weighted by Gasteiger charge is 2.27. The van der Waals surface area contributed by atoms with E-state index >= 15 is 0 Å². The fraction of sp³-hybridized carbons (Fsp3) is 0.444. The first-order valence-electron chi connectivity index (χ1n) is 8.84. The van der Waals surface area contributed by atoms with E-state index in [0.717, 1.165) is 43.4 Å². The Hall–Kier alpha value is -2.77. The van der Waals surface area contributed by atoms with Gasteiger partial charge in [-0.2, -0.15) is 0 Å². The molecule has 3 aromatic heterocycles. The standard InChI is InChI=1S/C18H22FN7/c1-13-21-7-9-25(13)12-17-22-23-18(24(17)2)14-4-3-8-26(11-14)16-5-6-20-10-15(16)19/h5-7,9-10,14H,3-4,8,11-12H2,1-2H3/t14-/m1/s1. The number of aryl methyl sites for hydroxylation is 1. The van der Waals surface area contributed by atoms with Crippen LogP contribution in [0.2, 0.25) is 0 Å². The van der Waals surface area contributed by atoms with Crippen LogP contribution in [0.15, 0.2) is 30.9 Å². The molecule has 0 unspecified atom stereocenters. The average molecular weight is 355 g/mol. The van der Waals surface area contributed by atoms with E-state index in [9.17, 15) is 4.39 Å². The largest absolute Gasteiger partial charge is 0.368 e. The van der Waals surface area contributed by atoms with Crippen molar-refractivity contribution in [3.8, 4) is 0 Å². The Labute approximate surface area is 151 Å². The number of rotatable bonds is 4. The predicted molar refractivity (Wildman–Crippen MR) is 95.5 cm³/mol. The summed E-state index contributed by atoms with van der Waals surface area (Å²) in [6.07, 6.45) is 8.66. The van der Waals surface area contributed by atoms with Gasteiger partial charge in [0.05, 0.1) is 18.4 Å². The molecule has 3 aromatic rings. The summed E-state index contributed by atoms with van der Waals surface area (Å²) in [5.74, 6) is 2.76. The molecule has 8 heteroatoms. The zero-order chi connectivity index (χ0) is 18.1. The number of nitrogens with zero attached hydrogens (tertiary/aromatic N) is 7. The predicted octanol–water partition coefficient (Wildman–Crippen LogP) is 2.29. The van der Waals surface area contributed by atoms with Crippen molar-refractivity contribution in [3.05, 3.63) is 54.1 Å². The Bertz CT molecular complexity index is 901. The maximum absolute atomic E-state index is 14.1. The van der Waals surface area contributed by atoms with Crippen molar-refractivity contribution < 1.29 is 4.39 Å². The van der Waals surface area contributed by atoms with E-state index < -0.39 is 0 Å². The van der Waals surface area contributed by atoms with E-state index in [0.29, 0.717) is 12.2 Å². The highest BCUT2D eigenvalue weighted by Crippen LogP contribution is 2.30. The molecular formula is C18H22FN7. The molecule has 4 rings (SSSR count). The maximum atomic E-state index is 14.1. The summed E-state index contributed by atoms with van der Waals surface area (Å²) in [5.41, 5.74) is 0.612. The molecule has 136 valence electrons. The number of hydrogen-bond donors (Lipinski definition) is 0. The lowest BCUT2D eigenvalue weighted by molar-refractivity contribution is 0.472. The molecular weight excluding hydrogens is 333 g/mol. The van der Waals surface area contributed by atoms with Crippen molar-refractivity contribution in [3.63, 3.8) is 0 Å². The van der Waals surface area contributed by atoms with Gasteiger partial charge in [-0.05, 0) is 25.8 Å². The van der Waals surface area contributed by atoms with Gasteiger partial charge in [-0.3, -0.25) is 4.98 Å². The van der Waals surface area contributed by atoms with Gasteiger partial charge in [0.1, 0.15) is 11.6 Å². The molecule has 1 fully saturated rings. The normalized spacial score (nSPS) is 17.7. The molecule has 0 saturated carbocycles. The van der Waals surface area contributed by atoms with Crippen molar-refractivity contribution in [2.45, 2.75) is 32.2 Å². The Morgan fingerprint density at radius 2 is 2.15 bits per heavy atom. The van der Waals surface area contributed by atoms with Crippen LogP contribution >= 0.6 is 0 Å². The molecule has 1 atom stereocenters. The topological polar surface area (TPSA) is 64.7 Å². The first kappa shape index (κ1) is 16.7. The van der Waals surface area contributed by atoms with Gasteiger partial charge < -0.3 is 14.0 Å². The number of hydrogen-bond acceptors (Lipinski definition) is 5. The highest BCUT2D eigenvalue weighted by atomic mass is 19.1. The maximum Gasteiger partial charge on any atom is 0.164 e. The third-order valence-corrected chi connectivity index (χ3v) is 5.11. The summed E-state index contributed by atoms with van der Waals surface area (Å²) in [5, 5.41) is 8.83. The van der Waals surface area contributed by atoms with Crippen molar-refractivity contribution in [2.24, 2.45) is 7.05 Å². The van der Waals surface area contributed by atoms with Crippen molar-refractivity contribution in [1.82, 2.24) is 29.3 Å². The number of imidazole rings is 1. The zero-order valence-corrected chi connectivity index (χ0v) is 15.0. The first-order chi connectivity index (χ1) is 12.6. The molecule has 0 bridgehead atoms. The summed E-state index contributed by atoms with van der Waals surface area (Å²) in [6.45, 7) is 4.19. The van der Waals surface area contributed by atoms with Crippen molar-refractivity contribution >= 4 is 5.69 Å². The monoisotopic (exact) mass is 355 g/mol. The van der Waals surface area contributed by atoms with E-state index in [1.807, 2.05) is 24.7 Å². The lowest BCUT2D eigenvalue weighted by Gasteiger charge is -2.34. The van der Waals surface area contributed by atoms with E-state index in [-0.39, 0.29) is 11.7 Å². The Morgan fingerprint density at radius 1 is 1.27 bits per heavy atom. The smallest absolute Gasteiger partial charge is 0.164 e. The molecule has 26 heavy (non-hydrogen) atoms. The molecule has 0 aromatic carbocycles. The van der Waals surface area contributed by atoms with Gasteiger partial charge in [0.25, 0.3) is 0 Å².